The molecular formula is C21H19N3O. The van der Waals surface area contributed by atoms with Crippen molar-refractivity contribution in [1.82, 2.24) is 9.97 Å². The van der Waals surface area contributed by atoms with E-state index in [-0.39, 0.29) is 0 Å². The summed E-state index contributed by atoms with van der Waals surface area (Å²) in [6.07, 6.45) is 5.65. The molecule has 0 aliphatic heterocycles. The molecule has 0 radical (unpaired) electrons. The molecule has 0 fully saturated rings. The Morgan fingerprint density at radius 2 is 1.36 bits per heavy atom. The maximum absolute atomic E-state index is 8.87. The predicted molar refractivity (Wildman–Crippen MR) is 98.0 cm³/mol. The van der Waals surface area contributed by atoms with Crippen LogP contribution in [0.5, 0.6) is 6.01 Å². The second-order valence-corrected chi connectivity index (χ2v) is 5.72. The third-order valence-electron chi connectivity index (χ3n) is 3.92. The predicted octanol–water partition coefficient (Wildman–Crippen LogP) is 4.86. The lowest BCUT2D eigenvalue weighted by atomic mass is 10.0. The Bertz CT molecular complexity index is 848. The Morgan fingerprint density at radius 3 is 1.88 bits per heavy atom. The largest absolute Gasteiger partial charge is 0.463 e. The van der Waals surface area contributed by atoms with Crippen molar-refractivity contribution in [3.63, 3.8) is 0 Å². The quantitative estimate of drug-likeness (QED) is 0.606. The minimum absolute atomic E-state index is 0.423. The van der Waals surface area contributed by atoms with Gasteiger partial charge < -0.3 is 4.74 Å². The van der Waals surface area contributed by atoms with Gasteiger partial charge in [-0.05, 0) is 35.2 Å². The van der Waals surface area contributed by atoms with Gasteiger partial charge in [0.1, 0.15) is 0 Å². The second-order valence-electron chi connectivity index (χ2n) is 5.72. The lowest BCUT2D eigenvalue weighted by Crippen LogP contribution is -2.00. The Hall–Kier alpha value is -3.19. The third-order valence-corrected chi connectivity index (χ3v) is 3.92. The smallest absolute Gasteiger partial charge is 0.316 e. The van der Waals surface area contributed by atoms with Gasteiger partial charge in [0.05, 0.1) is 18.2 Å². The van der Waals surface area contributed by atoms with Crippen molar-refractivity contribution >= 4 is 0 Å². The first kappa shape index (κ1) is 16.7. The minimum Gasteiger partial charge on any atom is -0.463 e. The highest BCUT2D eigenvalue weighted by molar-refractivity contribution is 5.70. The summed E-state index contributed by atoms with van der Waals surface area (Å²) in [5, 5.41) is 8.87. The average Bonchev–Trinajstić information content (AvgIpc) is 2.69. The lowest BCUT2D eigenvalue weighted by Gasteiger charge is -2.06. The highest BCUT2D eigenvalue weighted by Crippen LogP contribution is 2.24. The fraction of sp³-hybridized carbons (Fsp3) is 0.190. The molecule has 3 aromatic rings. The Balaban J connectivity index is 1.72. The molecule has 0 spiro atoms. The van der Waals surface area contributed by atoms with Crippen molar-refractivity contribution in [1.29, 1.82) is 5.26 Å². The number of rotatable bonds is 6. The molecule has 1 aromatic heterocycles. The highest BCUT2D eigenvalue weighted by Gasteiger charge is 2.03. The first-order chi connectivity index (χ1) is 12.3. The molecule has 0 aliphatic carbocycles. The Morgan fingerprint density at radius 1 is 0.840 bits per heavy atom. The normalized spacial score (nSPS) is 10.2. The number of aromatic nitrogens is 2. The lowest BCUT2D eigenvalue weighted by molar-refractivity contribution is 0.285. The standard InChI is InChI=1S/C21H19N3O/c1-2-3-12-25-21-23-14-20(15-24-21)19-10-8-18(9-11-19)17-6-4-16(13-22)5-7-17/h4-11,14-15H,2-3,12H2,1H3. The van der Waals surface area contributed by atoms with Crippen LogP contribution in [-0.2, 0) is 0 Å². The van der Waals surface area contributed by atoms with E-state index in [1.54, 1.807) is 12.4 Å². The van der Waals surface area contributed by atoms with E-state index >= 15 is 0 Å². The van der Waals surface area contributed by atoms with Crippen LogP contribution in [0.2, 0.25) is 0 Å². The molecule has 0 saturated heterocycles. The summed E-state index contributed by atoms with van der Waals surface area (Å²) in [6, 6.07) is 18.3. The van der Waals surface area contributed by atoms with E-state index in [2.05, 4.69) is 35.1 Å². The zero-order valence-electron chi connectivity index (χ0n) is 14.1. The summed E-state index contributed by atoms with van der Waals surface area (Å²) in [5.74, 6) is 0. The number of unbranched alkanes of at least 4 members (excludes halogenated alkanes) is 1. The van der Waals surface area contributed by atoms with Gasteiger partial charge in [-0.15, -0.1) is 0 Å². The summed E-state index contributed by atoms with van der Waals surface area (Å²) < 4.78 is 5.49. The van der Waals surface area contributed by atoms with Crippen molar-refractivity contribution in [3.05, 3.63) is 66.5 Å². The van der Waals surface area contributed by atoms with Crippen LogP contribution in [0.15, 0.2) is 60.9 Å². The third kappa shape index (κ3) is 4.21. The molecule has 4 heteroatoms. The van der Waals surface area contributed by atoms with E-state index in [9.17, 15) is 0 Å². The number of benzene rings is 2. The zero-order chi connectivity index (χ0) is 17.5. The van der Waals surface area contributed by atoms with Gasteiger partial charge in [-0.3, -0.25) is 0 Å². The van der Waals surface area contributed by atoms with Crippen molar-refractivity contribution in [2.45, 2.75) is 19.8 Å². The monoisotopic (exact) mass is 329 g/mol. The summed E-state index contributed by atoms with van der Waals surface area (Å²) in [4.78, 5) is 8.53. The molecule has 124 valence electrons. The average molecular weight is 329 g/mol. The highest BCUT2D eigenvalue weighted by atomic mass is 16.5. The molecule has 0 saturated carbocycles. The fourth-order valence-electron chi connectivity index (χ4n) is 2.44. The molecule has 2 aromatic carbocycles. The summed E-state index contributed by atoms with van der Waals surface area (Å²) in [7, 11) is 0. The van der Waals surface area contributed by atoms with Crippen LogP contribution in [0.3, 0.4) is 0 Å². The van der Waals surface area contributed by atoms with Gasteiger partial charge in [-0.25, -0.2) is 9.97 Å². The molecule has 1 heterocycles. The van der Waals surface area contributed by atoms with Gasteiger partial charge in [0, 0.05) is 18.0 Å². The molecular weight excluding hydrogens is 310 g/mol. The van der Waals surface area contributed by atoms with Gasteiger partial charge in [0.15, 0.2) is 0 Å². The van der Waals surface area contributed by atoms with E-state index in [1.807, 2.05) is 36.4 Å². The number of nitriles is 1. The zero-order valence-corrected chi connectivity index (χ0v) is 14.1. The van der Waals surface area contributed by atoms with Gasteiger partial charge in [0.2, 0.25) is 0 Å². The van der Waals surface area contributed by atoms with Crippen LogP contribution in [-0.4, -0.2) is 16.6 Å². The number of ether oxygens (including phenoxy) is 1. The molecule has 0 bridgehead atoms. The molecule has 25 heavy (non-hydrogen) atoms. The minimum atomic E-state index is 0.423. The molecule has 0 unspecified atom stereocenters. The second kappa shape index (κ2) is 8.07. The van der Waals surface area contributed by atoms with E-state index < -0.39 is 0 Å². The van der Waals surface area contributed by atoms with Gasteiger partial charge >= 0.3 is 6.01 Å². The van der Waals surface area contributed by atoms with Crippen molar-refractivity contribution in [2.75, 3.05) is 6.61 Å². The van der Waals surface area contributed by atoms with Crippen molar-refractivity contribution < 1.29 is 4.74 Å². The van der Waals surface area contributed by atoms with E-state index in [1.165, 1.54) is 0 Å². The Kier molecular flexibility index (Phi) is 5.38. The van der Waals surface area contributed by atoms with Crippen LogP contribution >= 0.6 is 0 Å². The topological polar surface area (TPSA) is 58.8 Å². The first-order valence-electron chi connectivity index (χ1n) is 8.36. The first-order valence-corrected chi connectivity index (χ1v) is 8.36. The number of hydrogen-bond donors (Lipinski definition) is 0. The summed E-state index contributed by atoms with van der Waals surface area (Å²) in [5.41, 5.74) is 4.86. The van der Waals surface area contributed by atoms with Gasteiger partial charge in [-0.2, -0.15) is 5.26 Å². The van der Waals surface area contributed by atoms with Crippen molar-refractivity contribution in [2.24, 2.45) is 0 Å². The molecule has 0 amide bonds. The van der Waals surface area contributed by atoms with Crippen LogP contribution in [0.1, 0.15) is 25.3 Å². The molecule has 0 atom stereocenters. The maximum Gasteiger partial charge on any atom is 0.316 e. The van der Waals surface area contributed by atoms with Crippen LogP contribution in [0.4, 0.5) is 0 Å². The van der Waals surface area contributed by atoms with E-state index in [0.29, 0.717) is 18.2 Å². The van der Waals surface area contributed by atoms with Crippen LogP contribution in [0.25, 0.3) is 22.3 Å². The number of nitrogens with zero attached hydrogens (tertiary/aromatic N) is 3. The number of hydrogen-bond acceptors (Lipinski definition) is 4. The molecule has 4 nitrogen and oxygen atoms in total. The molecule has 0 aliphatic rings. The van der Waals surface area contributed by atoms with E-state index in [0.717, 1.165) is 35.1 Å². The Labute approximate surface area is 147 Å². The molecule has 0 N–H and O–H groups in total. The maximum atomic E-state index is 8.87. The fourth-order valence-corrected chi connectivity index (χ4v) is 2.44. The van der Waals surface area contributed by atoms with Crippen molar-refractivity contribution in [3.8, 4) is 34.3 Å². The summed E-state index contributed by atoms with van der Waals surface area (Å²) >= 11 is 0. The van der Waals surface area contributed by atoms with Crippen LogP contribution in [0, 0.1) is 11.3 Å². The molecule has 3 rings (SSSR count). The van der Waals surface area contributed by atoms with Gasteiger partial charge in [0.25, 0.3) is 0 Å². The van der Waals surface area contributed by atoms with Crippen LogP contribution < -0.4 is 4.74 Å². The van der Waals surface area contributed by atoms with Gasteiger partial charge in [-0.1, -0.05) is 49.7 Å². The SMILES string of the molecule is CCCCOc1ncc(-c2ccc(-c3ccc(C#N)cc3)cc2)cn1. The summed E-state index contributed by atoms with van der Waals surface area (Å²) in [6.45, 7) is 2.77. The van der Waals surface area contributed by atoms with E-state index in [4.69, 9.17) is 10.00 Å².